The summed E-state index contributed by atoms with van der Waals surface area (Å²) >= 11 is 3.46. The number of methoxy groups -OCH3 is 1. The van der Waals surface area contributed by atoms with E-state index >= 15 is 0 Å². The molecule has 0 saturated carbocycles. The maximum atomic E-state index is 9.95. The second-order valence-electron chi connectivity index (χ2n) is 5.08. The maximum absolute atomic E-state index is 9.95. The fourth-order valence-corrected chi connectivity index (χ4v) is 2.43. The van der Waals surface area contributed by atoms with Crippen molar-refractivity contribution in [3.8, 4) is 0 Å². The maximum Gasteiger partial charge on any atom is 0.0900 e. The van der Waals surface area contributed by atoms with Crippen LogP contribution in [0.2, 0.25) is 0 Å². The Balaban J connectivity index is 2.29. The molecule has 0 radical (unpaired) electrons. The lowest BCUT2D eigenvalue weighted by Crippen LogP contribution is -2.33. The summed E-state index contributed by atoms with van der Waals surface area (Å²) in [5.74, 6) is 0. The molecule has 20 heavy (non-hydrogen) atoms. The highest BCUT2D eigenvalue weighted by Crippen LogP contribution is 2.13. The number of aliphatic hydroxyl groups is 1. The van der Waals surface area contributed by atoms with Crippen molar-refractivity contribution in [2.24, 2.45) is 0 Å². The Morgan fingerprint density at radius 3 is 2.75 bits per heavy atom. The highest BCUT2D eigenvalue weighted by atomic mass is 79.9. The second kappa shape index (κ2) is 9.47. The molecule has 0 aliphatic rings. The number of likely N-dealkylation sites (N-methyl/N-ethyl adjacent to an activating group) is 1. The van der Waals surface area contributed by atoms with Crippen molar-refractivity contribution in [3.63, 3.8) is 0 Å². The molecule has 0 heterocycles. The molecule has 4 nitrogen and oxygen atoms in total. The van der Waals surface area contributed by atoms with E-state index in [0.717, 1.165) is 11.0 Å². The van der Waals surface area contributed by atoms with Gasteiger partial charge in [-0.2, -0.15) is 0 Å². The van der Waals surface area contributed by atoms with Crippen LogP contribution in [-0.4, -0.2) is 56.1 Å². The molecule has 0 bridgehead atoms. The summed E-state index contributed by atoms with van der Waals surface area (Å²) in [5, 5.41) is 9.95. The number of aliphatic hydroxyl groups excluding tert-OH is 1. The van der Waals surface area contributed by atoms with Crippen LogP contribution < -0.4 is 0 Å². The van der Waals surface area contributed by atoms with Crippen LogP contribution in [-0.2, 0) is 16.0 Å². The largest absolute Gasteiger partial charge is 0.389 e. The van der Waals surface area contributed by atoms with Crippen LogP contribution in [0, 0.1) is 0 Å². The molecule has 1 rings (SSSR count). The lowest BCUT2D eigenvalue weighted by Gasteiger charge is -2.22. The molecule has 0 fully saturated rings. The normalized spacial score (nSPS) is 14.5. The molecule has 114 valence electrons. The van der Waals surface area contributed by atoms with Crippen LogP contribution in [0.1, 0.15) is 12.5 Å². The van der Waals surface area contributed by atoms with Gasteiger partial charge in [0.25, 0.3) is 0 Å². The molecule has 1 N–H and O–H groups in total. The van der Waals surface area contributed by atoms with E-state index in [9.17, 15) is 5.11 Å². The Labute approximate surface area is 129 Å². The number of benzene rings is 1. The summed E-state index contributed by atoms with van der Waals surface area (Å²) in [7, 11) is 3.63. The van der Waals surface area contributed by atoms with Crippen molar-refractivity contribution in [1.82, 2.24) is 4.90 Å². The minimum Gasteiger partial charge on any atom is -0.389 e. The highest BCUT2D eigenvalue weighted by molar-refractivity contribution is 9.10. The number of nitrogens with zero attached hydrogens (tertiary/aromatic N) is 1. The molecule has 5 heteroatoms. The van der Waals surface area contributed by atoms with Gasteiger partial charge in [0.15, 0.2) is 0 Å². The first kappa shape index (κ1) is 17.6. The molecule has 0 amide bonds. The van der Waals surface area contributed by atoms with Crippen LogP contribution in [0.25, 0.3) is 0 Å². The Bertz CT molecular complexity index is 389. The first-order chi connectivity index (χ1) is 9.51. The standard InChI is InChI=1S/C15H24BrNO3/c1-12(10-19-3)20-11-15(18)9-17(2)8-13-5-4-6-14(16)7-13/h4-7,12,15,18H,8-11H2,1-3H3. The summed E-state index contributed by atoms with van der Waals surface area (Å²) in [4.78, 5) is 2.08. The average molecular weight is 346 g/mol. The minimum atomic E-state index is -0.494. The molecular formula is C15H24BrNO3. The van der Waals surface area contributed by atoms with Gasteiger partial charge in [-0.05, 0) is 31.7 Å². The Morgan fingerprint density at radius 1 is 1.35 bits per heavy atom. The second-order valence-corrected chi connectivity index (χ2v) is 6.00. The first-order valence-electron chi connectivity index (χ1n) is 6.73. The fraction of sp³-hybridized carbons (Fsp3) is 0.600. The lowest BCUT2D eigenvalue weighted by molar-refractivity contribution is -0.0385. The van der Waals surface area contributed by atoms with Gasteiger partial charge in [-0.1, -0.05) is 28.1 Å². The zero-order valence-corrected chi connectivity index (χ0v) is 14.0. The number of hydrogen-bond acceptors (Lipinski definition) is 4. The molecule has 2 atom stereocenters. The fourth-order valence-electron chi connectivity index (χ4n) is 1.98. The summed E-state index contributed by atoms with van der Waals surface area (Å²) in [5.41, 5.74) is 1.21. The third-order valence-corrected chi connectivity index (χ3v) is 3.33. The third kappa shape index (κ3) is 7.36. The van der Waals surface area contributed by atoms with Crippen LogP contribution >= 0.6 is 15.9 Å². The average Bonchev–Trinajstić information content (AvgIpc) is 2.36. The van der Waals surface area contributed by atoms with Crippen molar-refractivity contribution >= 4 is 15.9 Å². The van der Waals surface area contributed by atoms with Gasteiger partial charge in [0.2, 0.25) is 0 Å². The smallest absolute Gasteiger partial charge is 0.0900 e. The van der Waals surface area contributed by atoms with Crippen molar-refractivity contribution in [2.45, 2.75) is 25.7 Å². The summed E-state index contributed by atoms with van der Waals surface area (Å²) in [6.45, 7) is 4.17. The Hall–Kier alpha value is -0.460. The monoisotopic (exact) mass is 345 g/mol. The molecule has 0 saturated heterocycles. The molecule has 2 unspecified atom stereocenters. The lowest BCUT2D eigenvalue weighted by atomic mass is 10.2. The highest BCUT2D eigenvalue weighted by Gasteiger charge is 2.11. The van der Waals surface area contributed by atoms with E-state index in [2.05, 4.69) is 33.0 Å². The zero-order valence-electron chi connectivity index (χ0n) is 12.4. The zero-order chi connectivity index (χ0) is 15.0. The predicted octanol–water partition coefficient (Wildman–Crippen LogP) is 2.29. The number of hydrogen-bond donors (Lipinski definition) is 1. The van der Waals surface area contributed by atoms with E-state index in [1.807, 2.05) is 26.1 Å². The van der Waals surface area contributed by atoms with Gasteiger partial charge in [0.1, 0.15) is 0 Å². The minimum absolute atomic E-state index is 0.00466. The predicted molar refractivity (Wildman–Crippen MR) is 83.8 cm³/mol. The Kier molecular flexibility index (Phi) is 8.33. The van der Waals surface area contributed by atoms with Gasteiger partial charge in [-0.25, -0.2) is 0 Å². The van der Waals surface area contributed by atoms with Gasteiger partial charge in [-0.3, -0.25) is 4.90 Å². The van der Waals surface area contributed by atoms with Crippen LogP contribution in [0.5, 0.6) is 0 Å². The van der Waals surface area contributed by atoms with E-state index in [1.54, 1.807) is 7.11 Å². The molecule has 0 aliphatic heterocycles. The van der Waals surface area contributed by atoms with Gasteiger partial charge >= 0.3 is 0 Å². The van der Waals surface area contributed by atoms with Gasteiger partial charge in [0, 0.05) is 24.7 Å². The van der Waals surface area contributed by atoms with E-state index in [1.165, 1.54) is 5.56 Å². The number of rotatable bonds is 9. The first-order valence-corrected chi connectivity index (χ1v) is 7.52. The summed E-state index contributed by atoms with van der Waals surface area (Å²) < 4.78 is 11.6. The van der Waals surface area contributed by atoms with Gasteiger partial charge in [-0.15, -0.1) is 0 Å². The number of ether oxygens (including phenoxy) is 2. The van der Waals surface area contributed by atoms with Crippen LogP contribution in [0.4, 0.5) is 0 Å². The third-order valence-electron chi connectivity index (χ3n) is 2.84. The van der Waals surface area contributed by atoms with E-state index < -0.39 is 6.10 Å². The molecule has 0 aliphatic carbocycles. The van der Waals surface area contributed by atoms with Crippen molar-refractivity contribution in [3.05, 3.63) is 34.3 Å². The molecule has 1 aromatic rings. The summed E-state index contributed by atoms with van der Waals surface area (Å²) in [6, 6.07) is 8.17. The molecule has 0 spiro atoms. The summed E-state index contributed by atoms with van der Waals surface area (Å²) in [6.07, 6.45) is -0.489. The topological polar surface area (TPSA) is 41.9 Å². The quantitative estimate of drug-likeness (QED) is 0.745. The van der Waals surface area contributed by atoms with Crippen LogP contribution in [0.15, 0.2) is 28.7 Å². The molecule has 0 aromatic heterocycles. The number of halogens is 1. The SMILES string of the molecule is COCC(C)OCC(O)CN(C)Cc1cccc(Br)c1. The van der Waals surface area contributed by atoms with Gasteiger partial charge in [0.05, 0.1) is 25.4 Å². The molecule has 1 aromatic carbocycles. The van der Waals surface area contributed by atoms with Gasteiger partial charge < -0.3 is 14.6 Å². The van der Waals surface area contributed by atoms with E-state index in [-0.39, 0.29) is 6.10 Å². The van der Waals surface area contributed by atoms with Crippen molar-refractivity contribution in [2.75, 3.05) is 33.9 Å². The molecular weight excluding hydrogens is 322 g/mol. The van der Waals surface area contributed by atoms with E-state index in [4.69, 9.17) is 9.47 Å². The van der Waals surface area contributed by atoms with Crippen LogP contribution in [0.3, 0.4) is 0 Å². The van der Waals surface area contributed by atoms with Crippen molar-refractivity contribution in [1.29, 1.82) is 0 Å². The van der Waals surface area contributed by atoms with Crippen molar-refractivity contribution < 1.29 is 14.6 Å². The Morgan fingerprint density at radius 2 is 2.10 bits per heavy atom. The van der Waals surface area contributed by atoms with E-state index in [0.29, 0.717) is 19.8 Å².